The molecule has 0 aliphatic heterocycles. The van der Waals surface area contributed by atoms with Gasteiger partial charge in [-0.05, 0) is 12.1 Å². The fourth-order valence-electron chi connectivity index (χ4n) is 1.34. The maximum atomic E-state index is 5.81. The molecule has 0 radical (unpaired) electrons. The van der Waals surface area contributed by atoms with E-state index in [1.807, 2.05) is 24.3 Å². The summed E-state index contributed by atoms with van der Waals surface area (Å²) in [6.45, 7) is 0. The molecule has 0 aliphatic carbocycles. The average Bonchev–Trinajstić information content (AvgIpc) is 2.57. The third kappa shape index (κ3) is 1.91. The normalized spacial score (nSPS) is 10.3. The third-order valence-corrected chi connectivity index (χ3v) is 2.98. The molecule has 0 fully saturated rings. The molecule has 1 aromatic heterocycles. The summed E-state index contributed by atoms with van der Waals surface area (Å²) in [7, 11) is 1.61. The lowest BCUT2D eigenvalue weighted by molar-refractivity contribution is 0.416. The van der Waals surface area contributed by atoms with Crippen LogP contribution in [0, 0.1) is 0 Å². The van der Waals surface area contributed by atoms with Crippen molar-refractivity contribution in [1.29, 1.82) is 0 Å². The summed E-state index contributed by atoms with van der Waals surface area (Å²) in [5, 5.41) is 0.601. The van der Waals surface area contributed by atoms with Crippen molar-refractivity contribution in [3.05, 3.63) is 28.7 Å². The summed E-state index contributed by atoms with van der Waals surface area (Å²) in [6.07, 6.45) is 0. The molecule has 0 bridgehead atoms. The van der Waals surface area contributed by atoms with Crippen LogP contribution in [-0.2, 0) is 0 Å². The molecule has 0 saturated carbocycles. The van der Waals surface area contributed by atoms with Crippen LogP contribution in [-0.4, -0.2) is 12.1 Å². The topological polar surface area (TPSA) is 48.1 Å². The van der Waals surface area contributed by atoms with Gasteiger partial charge in [0.1, 0.15) is 16.4 Å². The summed E-state index contributed by atoms with van der Waals surface area (Å²) in [6, 6.07) is 7.57. The highest BCUT2D eigenvalue weighted by Gasteiger charge is 2.13. The summed E-state index contributed by atoms with van der Waals surface area (Å²) < 4.78 is 5.67. The highest BCUT2D eigenvalue weighted by atomic mass is 35.5. The number of halogens is 1. The van der Waals surface area contributed by atoms with Crippen LogP contribution < -0.4 is 10.5 Å². The molecule has 2 rings (SSSR count). The van der Waals surface area contributed by atoms with Crippen LogP contribution in [0.2, 0.25) is 4.47 Å². The maximum absolute atomic E-state index is 5.81. The summed E-state index contributed by atoms with van der Waals surface area (Å²) in [5.41, 5.74) is 7.36. The summed E-state index contributed by atoms with van der Waals surface area (Å²) in [4.78, 5) is 4.17. The van der Waals surface area contributed by atoms with Gasteiger partial charge in [0.2, 0.25) is 0 Å². The molecule has 2 aromatic rings. The van der Waals surface area contributed by atoms with Gasteiger partial charge in [-0.1, -0.05) is 35.1 Å². The van der Waals surface area contributed by atoms with Crippen molar-refractivity contribution in [2.45, 2.75) is 0 Å². The molecular weight excluding hydrogens is 232 g/mol. The second-order valence-electron chi connectivity index (χ2n) is 2.88. The first kappa shape index (κ1) is 10.3. The number of nitrogens with zero attached hydrogens (tertiary/aromatic N) is 1. The molecule has 1 aromatic carbocycles. The van der Waals surface area contributed by atoms with E-state index in [9.17, 15) is 0 Å². The van der Waals surface area contributed by atoms with E-state index in [1.54, 1.807) is 7.11 Å². The van der Waals surface area contributed by atoms with E-state index >= 15 is 0 Å². The molecule has 0 amide bonds. The lowest BCUT2D eigenvalue weighted by atomic mass is 10.1. The molecule has 0 aliphatic rings. The van der Waals surface area contributed by atoms with Gasteiger partial charge in [-0.2, -0.15) is 0 Å². The van der Waals surface area contributed by atoms with Gasteiger partial charge in [0.05, 0.1) is 7.11 Å². The molecular formula is C10H9ClN2OS. The number of anilines is 1. The number of hydrogen-bond acceptors (Lipinski definition) is 4. The van der Waals surface area contributed by atoms with Crippen LogP contribution in [0.15, 0.2) is 24.3 Å². The zero-order chi connectivity index (χ0) is 10.8. The number of benzene rings is 1. The van der Waals surface area contributed by atoms with Crippen LogP contribution in [0.1, 0.15) is 0 Å². The number of hydrogen-bond donors (Lipinski definition) is 1. The van der Waals surface area contributed by atoms with Crippen LogP contribution in [0.4, 0.5) is 5.00 Å². The largest absolute Gasteiger partial charge is 0.496 e. The number of thiazole rings is 1. The van der Waals surface area contributed by atoms with E-state index in [4.69, 9.17) is 22.1 Å². The fourth-order valence-corrected chi connectivity index (χ4v) is 2.24. The first-order valence-electron chi connectivity index (χ1n) is 4.27. The lowest BCUT2D eigenvalue weighted by Gasteiger charge is -2.05. The Balaban J connectivity index is 2.58. The van der Waals surface area contributed by atoms with Crippen molar-refractivity contribution in [3.63, 3.8) is 0 Å². The average molecular weight is 241 g/mol. The molecule has 1 heterocycles. The molecule has 2 N–H and O–H groups in total. The highest BCUT2D eigenvalue weighted by Crippen LogP contribution is 2.37. The Kier molecular flexibility index (Phi) is 2.79. The number of para-hydroxylation sites is 1. The van der Waals surface area contributed by atoms with Crippen molar-refractivity contribution < 1.29 is 4.74 Å². The predicted molar refractivity (Wildman–Crippen MR) is 63.5 cm³/mol. The molecule has 78 valence electrons. The number of nitrogen functional groups attached to an aromatic ring is 1. The van der Waals surface area contributed by atoms with Crippen LogP contribution in [0.3, 0.4) is 0 Å². The molecule has 0 unspecified atom stereocenters. The Labute approximate surface area is 96.5 Å². The second kappa shape index (κ2) is 4.08. The van der Waals surface area contributed by atoms with Gasteiger partial charge in [-0.15, -0.1) is 0 Å². The number of aromatic nitrogens is 1. The van der Waals surface area contributed by atoms with Gasteiger partial charge in [-0.3, -0.25) is 0 Å². The van der Waals surface area contributed by atoms with Gasteiger partial charge < -0.3 is 10.5 Å². The molecule has 0 saturated heterocycles. The quantitative estimate of drug-likeness (QED) is 0.878. The summed E-state index contributed by atoms with van der Waals surface area (Å²) in [5.74, 6) is 0.742. The Morgan fingerprint density at radius 3 is 2.73 bits per heavy atom. The monoisotopic (exact) mass is 240 g/mol. The van der Waals surface area contributed by atoms with Gasteiger partial charge in [0.15, 0.2) is 4.47 Å². The van der Waals surface area contributed by atoms with E-state index < -0.39 is 0 Å². The van der Waals surface area contributed by atoms with E-state index in [-0.39, 0.29) is 0 Å². The van der Waals surface area contributed by atoms with Crippen LogP contribution in [0.25, 0.3) is 11.3 Å². The lowest BCUT2D eigenvalue weighted by Crippen LogP contribution is -1.90. The molecule has 5 heteroatoms. The number of methoxy groups -OCH3 is 1. The van der Waals surface area contributed by atoms with E-state index in [2.05, 4.69) is 4.98 Å². The number of nitrogens with two attached hydrogens (primary N) is 1. The van der Waals surface area contributed by atoms with E-state index in [0.29, 0.717) is 15.2 Å². The Bertz CT molecular complexity index is 484. The smallest absolute Gasteiger partial charge is 0.186 e. The predicted octanol–water partition coefficient (Wildman–Crippen LogP) is 3.05. The van der Waals surface area contributed by atoms with Crippen molar-refractivity contribution in [2.75, 3.05) is 12.8 Å². The van der Waals surface area contributed by atoms with Crippen molar-refractivity contribution >= 4 is 27.9 Å². The van der Waals surface area contributed by atoms with Crippen molar-refractivity contribution in [2.24, 2.45) is 0 Å². The zero-order valence-corrected chi connectivity index (χ0v) is 9.60. The standard InChI is InChI=1S/C10H9ClN2OS/c1-14-7-5-3-2-4-6(7)8-9(12)15-10(11)13-8/h2-5H,12H2,1H3. The van der Waals surface area contributed by atoms with Gasteiger partial charge in [0, 0.05) is 5.56 Å². The molecule has 0 spiro atoms. The number of rotatable bonds is 2. The first-order chi connectivity index (χ1) is 7.22. The minimum Gasteiger partial charge on any atom is -0.496 e. The molecule has 3 nitrogen and oxygen atoms in total. The Morgan fingerprint density at radius 1 is 1.40 bits per heavy atom. The SMILES string of the molecule is COc1ccccc1-c1nc(Cl)sc1N. The van der Waals surface area contributed by atoms with E-state index in [0.717, 1.165) is 11.3 Å². The van der Waals surface area contributed by atoms with Crippen molar-refractivity contribution in [3.8, 4) is 17.0 Å². The molecule has 0 atom stereocenters. The first-order valence-corrected chi connectivity index (χ1v) is 5.47. The minimum atomic E-state index is 0.438. The minimum absolute atomic E-state index is 0.438. The Hall–Kier alpha value is -1.26. The zero-order valence-electron chi connectivity index (χ0n) is 8.03. The third-order valence-electron chi connectivity index (χ3n) is 1.99. The number of ether oxygens (including phenoxy) is 1. The van der Waals surface area contributed by atoms with E-state index in [1.165, 1.54) is 11.3 Å². The maximum Gasteiger partial charge on any atom is 0.186 e. The Morgan fingerprint density at radius 2 is 2.13 bits per heavy atom. The molecule has 15 heavy (non-hydrogen) atoms. The van der Waals surface area contributed by atoms with Crippen molar-refractivity contribution in [1.82, 2.24) is 4.98 Å². The van der Waals surface area contributed by atoms with Gasteiger partial charge >= 0.3 is 0 Å². The summed E-state index contributed by atoms with van der Waals surface area (Å²) >= 11 is 7.06. The highest BCUT2D eigenvalue weighted by molar-refractivity contribution is 7.19. The van der Waals surface area contributed by atoms with Gasteiger partial charge in [0.25, 0.3) is 0 Å². The fraction of sp³-hybridized carbons (Fsp3) is 0.100. The van der Waals surface area contributed by atoms with Gasteiger partial charge in [-0.25, -0.2) is 4.98 Å². The van der Waals surface area contributed by atoms with Crippen LogP contribution in [0.5, 0.6) is 5.75 Å². The second-order valence-corrected chi connectivity index (χ2v) is 4.49. The van der Waals surface area contributed by atoms with Crippen LogP contribution >= 0.6 is 22.9 Å².